The van der Waals surface area contributed by atoms with E-state index in [2.05, 4.69) is 0 Å². The van der Waals surface area contributed by atoms with Crippen molar-refractivity contribution in [3.8, 4) is 0 Å². The predicted molar refractivity (Wildman–Crippen MR) is 157 cm³/mol. The third kappa shape index (κ3) is 13.8. The van der Waals surface area contributed by atoms with Crippen molar-refractivity contribution < 1.29 is 64.2 Å². The molecular formula is C30H60O13. The predicted octanol–water partition coefficient (Wildman–Crippen LogP) is 0.947. The first-order valence-corrected chi connectivity index (χ1v) is 15.2. The summed E-state index contributed by atoms with van der Waals surface area (Å²) in [6.07, 6.45) is -7.43. The summed E-state index contributed by atoms with van der Waals surface area (Å²) >= 11 is 0. The molecule has 0 bridgehead atoms. The largest absolute Gasteiger partial charge is 0.394 e. The van der Waals surface area contributed by atoms with E-state index < -0.39 is 61.4 Å². The molecule has 3 heterocycles. The molecule has 0 aliphatic carbocycles. The van der Waals surface area contributed by atoms with Crippen LogP contribution in [0.4, 0.5) is 0 Å². The van der Waals surface area contributed by atoms with E-state index in [-0.39, 0.29) is 35.8 Å². The molecule has 3 aliphatic heterocycles. The zero-order valence-electron chi connectivity index (χ0n) is 27.8. The van der Waals surface area contributed by atoms with Crippen molar-refractivity contribution >= 4 is 0 Å². The molecule has 43 heavy (non-hydrogen) atoms. The van der Waals surface area contributed by atoms with Gasteiger partial charge < -0.3 is 64.2 Å². The molecule has 258 valence electrons. The summed E-state index contributed by atoms with van der Waals surface area (Å²) in [5.74, 6) is 0. The van der Waals surface area contributed by atoms with Crippen LogP contribution in [0.5, 0.6) is 0 Å². The molecule has 3 unspecified atom stereocenters. The van der Waals surface area contributed by atoms with E-state index in [1.165, 1.54) is 0 Å². The van der Waals surface area contributed by atoms with E-state index in [1.54, 1.807) is 20.8 Å². The first-order chi connectivity index (χ1) is 19.5. The van der Waals surface area contributed by atoms with Gasteiger partial charge in [-0.15, -0.1) is 0 Å². The van der Waals surface area contributed by atoms with Gasteiger partial charge in [0.25, 0.3) is 0 Å². The van der Waals surface area contributed by atoms with E-state index in [0.717, 1.165) is 6.42 Å². The van der Waals surface area contributed by atoms with Crippen molar-refractivity contribution in [2.24, 2.45) is 0 Å². The molecule has 12 atom stereocenters. The van der Waals surface area contributed by atoms with Crippen molar-refractivity contribution in [1.29, 1.82) is 0 Å². The Morgan fingerprint density at radius 1 is 0.535 bits per heavy atom. The van der Waals surface area contributed by atoms with Gasteiger partial charge in [-0.25, -0.2) is 0 Å². The Labute approximate surface area is 257 Å². The van der Waals surface area contributed by atoms with Crippen molar-refractivity contribution in [3.05, 3.63) is 0 Å². The van der Waals surface area contributed by atoms with Gasteiger partial charge in [-0.2, -0.15) is 0 Å². The minimum Gasteiger partial charge on any atom is -0.394 e. The topological polar surface area (TPSA) is 197 Å². The van der Waals surface area contributed by atoms with E-state index in [1.807, 2.05) is 55.4 Å². The second-order valence-corrected chi connectivity index (χ2v) is 14.1. The van der Waals surface area contributed by atoms with Crippen molar-refractivity contribution in [1.82, 2.24) is 0 Å². The maximum Gasteiger partial charge on any atom is 0.187 e. The summed E-state index contributed by atoms with van der Waals surface area (Å²) in [7, 11) is 0. The molecule has 13 heteroatoms. The van der Waals surface area contributed by atoms with Gasteiger partial charge in [0.15, 0.2) is 18.9 Å². The minimum atomic E-state index is -1.39. The molecule has 13 nitrogen and oxygen atoms in total. The van der Waals surface area contributed by atoms with Gasteiger partial charge in [-0.3, -0.25) is 0 Å². The summed E-state index contributed by atoms with van der Waals surface area (Å²) in [5, 5.41) is 66.4. The van der Waals surface area contributed by atoms with Gasteiger partial charge in [0.1, 0.15) is 36.6 Å². The van der Waals surface area contributed by atoms with Crippen LogP contribution in [0.1, 0.15) is 95.4 Å². The maximum atomic E-state index is 9.64. The Morgan fingerprint density at radius 2 is 0.930 bits per heavy atom. The van der Waals surface area contributed by atoms with Crippen LogP contribution in [-0.2, 0) is 28.4 Å². The highest BCUT2D eigenvalue weighted by atomic mass is 16.7. The highest BCUT2D eigenvalue weighted by Gasteiger charge is 2.45. The SMILES string of the molecule is CC(C)(C)O[C@H]1O[C@H](CO)[C@@H](O)[C@H](O)[C@H]1O.CC[C@H]1O[C@@H](OC(C)(C)C)C(O)C1O.CC[C@H]1O[C@@H](OC(C)(C)C)CC1O. The second kappa shape index (κ2) is 16.9. The van der Waals surface area contributed by atoms with Gasteiger partial charge in [-0.05, 0) is 75.2 Å². The molecule has 0 saturated carbocycles. The first-order valence-electron chi connectivity index (χ1n) is 15.2. The Morgan fingerprint density at radius 3 is 1.28 bits per heavy atom. The highest BCUT2D eigenvalue weighted by Crippen LogP contribution is 2.28. The quantitative estimate of drug-likeness (QED) is 0.220. The van der Waals surface area contributed by atoms with E-state index in [9.17, 15) is 30.6 Å². The third-order valence-electron chi connectivity index (χ3n) is 6.59. The summed E-state index contributed by atoms with van der Waals surface area (Å²) in [4.78, 5) is 0. The van der Waals surface area contributed by atoms with Crippen LogP contribution in [0.2, 0.25) is 0 Å². The number of hydrogen-bond donors (Lipinski definition) is 7. The summed E-state index contributed by atoms with van der Waals surface area (Å²) in [6, 6.07) is 0. The van der Waals surface area contributed by atoms with Crippen LogP contribution in [-0.4, -0.2) is 133 Å². The number of aliphatic hydroxyl groups excluding tert-OH is 7. The molecular weight excluding hydrogens is 568 g/mol. The van der Waals surface area contributed by atoms with Crippen LogP contribution < -0.4 is 0 Å². The fraction of sp³-hybridized carbons (Fsp3) is 1.00. The Balaban J connectivity index is 0.000000324. The smallest absolute Gasteiger partial charge is 0.187 e. The zero-order chi connectivity index (χ0) is 33.5. The molecule has 3 aliphatic rings. The van der Waals surface area contributed by atoms with Gasteiger partial charge >= 0.3 is 0 Å². The molecule has 0 aromatic carbocycles. The molecule has 0 spiro atoms. The number of hydrogen-bond acceptors (Lipinski definition) is 13. The summed E-state index contributed by atoms with van der Waals surface area (Å²) in [6.45, 7) is 20.4. The van der Waals surface area contributed by atoms with Crippen molar-refractivity contribution in [2.75, 3.05) is 6.61 Å². The van der Waals surface area contributed by atoms with Gasteiger partial charge in [-0.1, -0.05) is 13.8 Å². The lowest BCUT2D eigenvalue weighted by atomic mass is 9.99. The van der Waals surface area contributed by atoms with Crippen LogP contribution in [0.25, 0.3) is 0 Å². The molecule has 3 saturated heterocycles. The lowest BCUT2D eigenvalue weighted by Gasteiger charge is -2.41. The minimum absolute atomic E-state index is 0.0488. The highest BCUT2D eigenvalue weighted by molar-refractivity contribution is 4.90. The summed E-state index contributed by atoms with van der Waals surface area (Å²) < 4.78 is 32.6. The van der Waals surface area contributed by atoms with Crippen LogP contribution in [0, 0.1) is 0 Å². The Bertz CT molecular complexity index is 775. The van der Waals surface area contributed by atoms with Crippen molar-refractivity contribution in [2.45, 2.75) is 186 Å². The van der Waals surface area contributed by atoms with E-state index in [0.29, 0.717) is 12.8 Å². The lowest BCUT2D eigenvalue weighted by Crippen LogP contribution is -2.60. The van der Waals surface area contributed by atoms with Gasteiger partial charge in [0.2, 0.25) is 0 Å². The number of aliphatic hydroxyl groups is 7. The Kier molecular flexibility index (Phi) is 15.9. The van der Waals surface area contributed by atoms with Crippen LogP contribution in [0.3, 0.4) is 0 Å². The average Bonchev–Trinajstić information content (AvgIpc) is 3.34. The third-order valence-corrected chi connectivity index (χ3v) is 6.59. The van der Waals surface area contributed by atoms with Crippen LogP contribution in [0.15, 0.2) is 0 Å². The van der Waals surface area contributed by atoms with E-state index in [4.69, 9.17) is 33.5 Å². The van der Waals surface area contributed by atoms with Crippen LogP contribution >= 0.6 is 0 Å². The standard InChI is InChI=1S/C10H20O6.C10H20O4.C10H20O3/c1-10(2,3)16-9-8(14)7(13)6(12)5(4-11)15-9;1-5-6-7(11)8(12)9(13-6)14-10(2,3)4;1-5-8-7(11)6-9(12-8)13-10(2,3)4/h5-9,11-14H,4H2,1-3H3;6-9,11-12H,5H2,1-4H3;7-9,11H,5-6H2,1-4H3/t5-,6-,7+,8-,9-;6-,7?,8?,9+;7?,8-,9+/m111/s1. The van der Waals surface area contributed by atoms with E-state index >= 15 is 0 Å². The fourth-order valence-electron chi connectivity index (χ4n) is 4.54. The molecule has 0 aromatic heterocycles. The molecule has 0 amide bonds. The monoisotopic (exact) mass is 628 g/mol. The average molecular weight is 629 g/mol. The number of rotatable bonds is 6. The molecule has 3 fully saturated rings. The zero-order valence-corrected chi connectivity index (χ0v) is 27.8. The number of ether oxygens (including phenoxy) is 6. The molecule has 0 radical (unpaired) electrons. The first kappa shape index (κ1) is 40.5. The van der Waals surface area contributed by atoms with Gasteiger partial charge in [0.05, 0.1) is 41.7 Å². The lowest BCUT2D eigenvalue weighted by molar-refractivity contribution is -0.320. The maximum absolute atomic E-state index is 9.64. The molecule has 0 aromatic rings. The molecule has 3 rings (SSSR count). The molecule has 7 N–H and O–H groups in total. The Hall–Kier alpha value is -0.520. The van der Waals surface area contributed by atoms with Gasteiger partial charge in [0, 0.05) is 6.42 Å². The fourth-order valence-corrected chi connectivity index (χ4v) is 4.54. The second-order valence-electron chi connectivity index (χ2n) is 14.1. The van der Waals surface area contributed by atoms with Crippen molar-refractivity contribution in [3.63, 3.8) is 0 Å². The summed E-state index contributed by atoms with van der Waals surface area (Å²) in [5.41, 5.74) is -1.14. The normalized spacial score (nSPS) is 38.7.